The van der Waals surface area contributed by atoms with Crippen LogP contribution in [0.25, 0.3) is 0 Å². The molecule has 1 aromatic heterocycles. The first-order valence-electron chi connectivity index (χ1n) is 4.70. The lowest BCUT2D eigenvalue weighted by atomic mass is 10.3. The maximum atomic E-state index is 11.7. The quantitative estimate of drug-likeness (QED) is 0.643. The Hall–Kier alpha value is -1.36. The Morgan fingerprint density at radius 2 is 2.43 bits per heavy atom. The molecule has 0 aromatic carbocycles. The largest absolute Gasteiger partial charge is 0.350 e. The molecule has 2 heterocycles. The Balaban J connectivity index is 2.33. The van der Waals surface area contributed by atoms with E-state index in [1.807, 2.05) is 4.90 Å². The highest BCUT2D eigenvalue weighted by Gasteiger charge is 2.22. The first-order chi connectivity index (χ1) is 6.68. The van der Waals surface area contributed by atoms with Gasteiger partial charge in [-0.1, -0.05) is 0 Å². The van der Waals surface area contributed by atoms with E-state index in [1.165, 1.54) is 4.57 Å². The summed E-state index contributed by atoms with van der Waals surface area (Å²) in [6.45, 7) is 1.56. The first kappa shape index (κ1) is 9.21. The molecule has 0 spiro atoms. The second-order valence-electron chi connectivity index (χ2n) is 3.66. The molecule has 0 aliphatic carbocycles. The van der Waals surface area contributed by atoms with Crippen LogP contribution in [0.3, 0.4) is 0 Å². The van der Waals surface area contributed by atoms with Crippen molar-refractivity contribution in [2.75, 3.05) is 18.0 Å². The second-order valence-corrected chi connectivity index (χ2v) is 3.66. The van der Waals surface area contributed by atoms with Gasteiger partial charge in [-0.3, -0.25) is 4.79 Å². The summed E-state index contributed by atoms with van der Waals surface area (Å²) in [5.41, 5.74) is 5.72. The predicted molar refractivity (Wildman–Crippen MR) is 54.3 cm³/mol. The molecule has 0 bridgehead atoms. The highest BCUT2D eigenvalue weighted by molar-refractivity contribution is 5.37. The van der Waals surface area contributed by atoms with Crippen LogP contribution in [0.4, 0.5) is 5.82 Å². The van der Waals surface area contributed by atoms with E-state index in [9.17, 15) is 4.79 Å². The molecule has 5 heteroatoms. The second kappa shape index (κ2) is 3.42. The van der Waals surface area contributed by atoms with Crippen LogP contribution in [0.5, 0.6) is 0 Å². The number of hydrogen-bond donors (Lipinski definition) is 1. The molecule has 1 saturated heterocycles. The van der Waals surface area contributed by atoms with E-state index in [2.05, 4.69) is 4.98 Å². The van der Waals surface area contributed by atoms with Crippen molar-refractivity contribution in [3.05, 3.63) is 22.7 Å². The van der Waals surface area contributed by atoms with Crippen molar-refractivity contribution in [3.63, 3.8) is 0 Å². The zero-order valence-electron chi connectivity index (χ0n) is 8.18. The maximum absolute atomic E-state index is 11.7. The molecule has 1 atom stereocenters. The lowest BCUT2D eigenvalue weighted by molar-refractivity contribution is 0.748. The van der Waals surface area contributed by atoms with E-state index in [1.54, 1.807) is 19.4 Å². The number of nitrogens with two attached hydrogens (primary N) is 1. The van der Waals surface area contributed by atoms with E-state index in [-0.39, 0.29) is 11.6 Å². The van der Waals surface area contributed by atoms with Gasteiger partial charge in [-0.25, -0.2) is 4.98 Å². The van der Waals surface area contributed by atoms with Crippen LogP contribution < -0.4 is 16.2 Å². The SMILES string of the molecule is Cn1ccnc(N2CCC(N)C2)c1=O. The van der Waals surface area contributed by atoms with Crippen LogP contribution >= 0.6 is 0 Å². The lowest BCUT2D eigenvalue weighted by Gasteiger charge is -2.15. The van der Waals surface area contributed by atoms with Crippen molar-refractivity contribution in [3.8, 4) is 0 Å². The molecule has 0 amide bonds. The Morgan fingerprint density at radius 3 is 3.07 bits per heavy atom. The lowest BCUT2D eigenvalue weighted by Crippen LogP contribution is -2.33. The summed E-state index contributed by atoms with van der Waals surface area (Å²) in [7, 11) is 1.73. The Labute approximate surface area is 82.2 Å². The molecule has 1 aliphatic heterocycles. The van der Waals surface area contributed by atoms with Crippen molar-refractivity contribution >= 4 is 5.82 Å². The summed E-state index contributed by atoms with van der Waals surface area (Å²) in [6.07, 6.45) is 4.22. The number of rotatable bonds is 1. The number of aromatic nitrogens is 2. The molecule has 5 nitrogen and oxygen atoms in total. The molecule has 0 radical (unpaired) electrons. The molecule has 1 fully saturated rings. The van der Waals surface area contributed by atoms with Gasteiger partial charge in [0.2, 0.25) is 0 Å². The zero-order valence-corrected chi connectivity index (χ0v) is 8.18. The van der Waals surface area contributed by atoms with E-state index in [0.717, 1.165) is 19.5 Å². The minimum absolute atomic E-state index is 0.0541. The summed E-state index contributed by atoms with van der Waals surface area (Å²) in [5, 5.41) is 0. The van der Waals surface area contributed by atoms with Crippen LogP contribution in [0, 0.1) is 0 Å². The zero-order chi connectivity index (χ0) is 10.1. The summed E-state index contributed by atoms with van der Waals surface area (Å²) >= 11 is 0. The smallest absolute Gasteiger partial charge is 0.293 e. The Kier molecular flexibility index (Phi) is 2.25. The highest BCUT2D eigenvalue weighted by atomic mass is 16.1. The molecular formula is C9H14N4O. The Bertz CT molecular complexity index is 387. The van der Waals surface area contributed by atoms with Gasteiger partial charge in [-0.15, -0.1) is 0 Å². The monoisotopic (exact) mass is 194 g/mol. The molecule has 1 aliphatic rings. The molecule has 1 aromatic rings. The molecule has 2 rings (SSSR count). The van der Waals surface area contributed by atoms with E-state index in [0.29, 0.717) is 5.82 Å². The minimum Gasteiger partial charge on any atom is -0.350 e. The van der Waals surface area contributed by atoms with Crippen LogP contribution in [-0.2, 0) is 7.05 Å². The van der Waals surface area contributed by atoms with Crippen molar-refractivity contribution in [2.24, 2.45) is 12.8 Å². The molecule has 0 saturated carbocycles. The number of nitrogens with zero attached hydrogens (tertiary/aromatic N) is 3. The third-order valence-corrected chi connectivity index (χ3v) is 2.52. The van der Waals surface area contributed by atoms with Gasteiger partial charge in [0.1, 0.15) is 0 Å². The average Bonchev–Trinajstić information content (AvgIpc) is 2.57. The molecule has 1 unspecified atom stereocenters. The Morgan fingerprint density at radius 1 is 1.64 bits per heavy atom. The van der Waals surface area contributed by atoms with E-state index < -0.39 is 0 Å². The van der Waals surface area contributed by atoms with Crippen LogP contribution in [0.15, 0.2) is 17.2 Å². The first-order valence-corrected chi connectivity index (χ1v) is 4.70. The average molecular weight is 194 g/mol. The fraction of sp³-hybridized carbons (Fsp3) is 0.556. The standard InChI is InChI=1S/C9H14N4O/c1-12-5-3-11-8(9(12)14)13-4-2-7(10)6-13/h3,5,7H,2,4,6,10H2,1H3. The summed E-state index contributed by atoms with van der Waals surface area (Å²) in [4.78, 5) is 17.7. The molecule has 76 valence electrons. The van der Waals surface area contributed by atoms with Crippen molar-refractivity contribution in [1.29, 1.82) is 0 Å². The van der Waals surface area contributed by atoms with Crippen LogP contribution in [0.1, 0.15) is 6.42 Å². The van der Waals surface area contributed by atoms with Crippen molar-refractivity contribution < 1.29 is 0 Å². The third kappa shape index (κ3) is 1.50. The third-order valence-electron chi connectivity index (χ3n) is 2.52. The number of anilines is 1. The van der Waals surface area contributed by atoms with Crippen LogP contribution in [0.2, 0.25) is 0 Å². The van der Waals surface area contributed by atoms with Gasteiger partial charge in [0.15, 0.2) is 5.82 Å². The van der Waals surface area contributed by atoms with E-state index in [4.69, 9.17) is 5.73 Å². The van der Waals surface area contributed by atoms with E-state index >= 15 is 0 Å². The summed E-state index contributed by atoms with van der Waals surface area (Å²) in [5.74, 6) is 0.517. The van der Waals surface area contributed by atoms with Gasteiger partial charge in [-0.2, -0.15) is 0 Å². The molecule has 2 N–H and O–H groups in total. The predicted octanol–water partition coefficient (Wildman–Crippen LogP) is -0.682. The van der Waals surface area contributed by atoms with Crippen LogP contribution in [-0.4, -0.2) is 28.7 Å². The highest BCUT2D eigenvalue weighted by Crippen LogP contribution is 2.12. The van der Waals surface area contributed by atoms with Crippen molar-refractivity contribution in [2.45, 2.75) is 12.5 Å². The topological polar surface area (TPSA) is 64.2 Å². The maximum Gasteiger partial charge on any atom is 0.293 e. The molecule has 14 heavy (non-hydrogen) atoms. The van der Waals surface area contributed by atoms with Crippen molar-refractivity contribution in [1.82, 2.24) is 9.55 Å². The van der Waals surface area contributed by atoms with Gasteiger partial charge in [0, 0.05) is 38.6 Å². The van der Waals surface area contributed by atoms with Gasteiger partial charge < -0.3 is 15.2 Å². The summed E-state index contributed by atoms with van der Waals surface area (Å²) in [6, 6.07) is 0.168. The molecular weight excluding hydrogens is 180 g/mol. The van der Waals surface area contributed by atoms with Gasteiger partial charge in [-0.05, 0) is 6.42 Å². The normalized spacial score (nSPS) is 21.6. The minimum atomic E-state index is -0.0541. The van der Waals surface area contributed by atoms with Gasteiger partial charge in [0.25, 0.3) is 5.56 Å². The number of aryl methyl sites for hydroxylation is 1. The van der Waals surface area contributed by atoms with Gasteiger partial charge in [0.05, 0.1) is 0 Å². The summed E-state index contributed by atoms with van der Waals surface area (Å²) < 4.78 is 1.53. The van der Waals surface area contributed by atoms with Gasteiger partial charge >= 0.3 is 0 Å². The fourth-order valence-corrected chi connectivity index (χ4v) is 1.68. The number of hydrogen-bond acceptors (Lipinski definition) is 4. The fourth-order valence-electron chi connectivity index (χ4n) is 1.68.